The predicted molar refractivity (Wildman–Crippen MR) is 102 cm³/mol. The van der Waals surface area contributed by atoms with E-state index in [0.29, 0.717) is 11.8 Å². The number of aromatic nitrogens is 1. The van der Waals surface area contributed by atoms with Gasteiger partial charge in [-0.1, -0.05) is 24.3 Å². The van der Waals surface area contributed by atoms with Crippen molar-refractivity contribution < 1.29 is 14.6 Å². The highest BCUT2D eigenvalue weighted by Crippen LogP contribution is 2.35. The molecule has 2 heterocycles. The van der Waals surface area contributed by atoms with Crippen molar-refractivity contribution in [2.24, 2.45) is 0 Å². The fraction of sp³-hybridized carbons (Fsp3) is 0.238. The van der Waals surface area contributed by atoms with Gasteiger partial charge in [0.25, 0.3) is 11.5 Å². The molecule has 1 unspecified atom stereocenters. The number of nitrogens with one attached hydrogen (secondary N) is 1. The Morgan fingerprint density at radius 1 is 1.26 bits per heavy atom. The van der Waals surface area contributed by atoms with E-state index in [1.165, 1.54) is 0 Å². The summed E-state index contributed by atoms with van der Waals surface area (Å²) in [5.41, 5.74) is 1.94. The Hall–Kier alpha value is -3.28. The molecular weight excluding hydrogens is 344 g/mol. The topological polar surface area (TPSA) is 80.6 Å². The molecule has 1 amide bonds. The van der Waals surface area contributed by atoms with Crippen LogP contribution in [0.25, 0.3) is 10.9 Å². The number of nitrogens with zero attached hydrogens (tertiary/aromatic N) is 1. The Balaban J connectivity index is 1.69. The number of amides is 1. The summed E-state index contributed by atoms with van der Waals surface area (Å²) in [7, 11) is 1.59. The summed E-state index contributed by atoms with van der Waals surface area (Å²) in [4.78, 5) is 25.6. The van der Waals surface area contributed by atoms with Gasteiger partial charge in [0.2, 0.25) is 0 Å². The lowest BCUT2D eigenvalue weighted by Crippen LogP contribution is -2.33. The van der Waals surface area contributed by atoms with E-state index in [0.717, 1.165) is 22.4 Å². The Morgan fingerprint density at radius 3 is 2.70 bits per heavy atom. The van der Waals surface area contributed by atoms with Gasteiger partial charge in [-0.05, 0) is 42.7 Å². The summed E-state index contributed by atoms with van der Waals surface area (Å²) in [5.74, 6) is -0.110. The zero-order valence-corrected chi connectivity index (χ0v) is 15.2. The zero-order chi connectivity index (χ0) is 19.1. The molecule has 0 saturated heterocycles. The molecule has 0 aliphatic carbocycles. The minimum Gasteiger partial charge on any atom is -0.506 e. The molecule has 1 aliphatic rings. The maximum absolute atomic E-state index is 12.9. The molecule has 2 aromatic carbocycles. The van der Waals surface area contributed by atoms with Crippen LogP contribution in [0.3, 0.4) is 0 Å². The molecule has 138 valence electrons. The fourth-order valence-corrected chi connectivity index (χ4v) is 3.74. The van der Waals surface area contributed by atoms with Crippen LogP contribution in [-0.4, -0.2) is 22.7 Å². The second-order valence-corrected chi connectivity index (χ2v) is 6.80. The van der Waals surface area contributed by atoms with E-state index >= 15 is 0 Å². The van der Waals surface area contributed by atoms with Crippen molar-refractivity contribution in [1.82, 2.24) is 9.88 Å². The maximum atomic E-state index is 12.9. The van der Waals surface area contributed by atoms with E-state index in [9.17, 15) is 14.7 Å². The smallest absolute Gasteiger partial charge is 0.267 e. The largest absolute Gasteiger partial charge is 0.506 e. The van der Waals surface area contributed by atoms with Crippen LogP contribution in [0.15, 0.2) is 47.3 Å². The fourth-order valence-electron chi connectivity index (χ4n) is 3.74. The number of aromatic hydroxyl groups is 1. The molecule has 2 N–H and O–H groups in total. The molecule has 27 heavy (non-hydrogen) atoms. The number of hydrogen-bond donors (Lipinski definition) is 2. The lowest BCUT2D eigenvalue weighted by molar-refractivity contribution is 0.0946. The quantitative estimate of drug-likeness (QED) is 0.746. The number of para-hydroxylation sites is 1. The molecule has 1 aliphatic heterocycles. The van der Waals surface area contributed by atoms with Crippen LogP contribution in [0.5, 0.6) is 11.5 Å². The van der Waals surface area contributed by atoms with Gasteiger partial charge in [-0.3, -0.25) is 9.59 Å². The van der Waals surface area contributed by atoms with E-state index < -0.39 is 11.5 Å². The molecule has 1 atom stereocenters. The summed E-state index contributed by atoms with van der Waals surface area (Å²) in [6.07, 6.45) is 0.711. The average Bonchev–Trinajstić information content (AvgIpc) is 3.02. The molecule has 0 fully saturated rings. The second-order valence-electron chi connectivity index (χ2n) is 6.80. The summed E-state index contributed by atoms with van der Waals surface area (Å²) in [5, 5.41) is 13.9. The van der Waals surface area contributed by atoms with Crippen LogP contribution in [0.1, 0.15) is 34.5 Å². The van der Waals surface area contributed by atoms with Crippen molar-refractivity contribution in [3.05, 3.63) is 69.5 Å². The zero-order valence-electron chi connectivity index (χ0n) is 15.2. The summed E-state index contributed by atoms with van der Waals surface area (Å²) in [6, 6.07) is 12.7. The predicted octanol–water partition coefficient (Wildman–Crippen LogP) is 2.76. The number of pyridine rings is 1. The van der Waals surface area contributed by atoms with Gasteiger partial charge in [0.15, 0.2) is 0 Å². The monoisotopic (exact) mass is 364 g/mol. The van der Waals surface area contributed by atoms with Crippen LogP contribution >= 0.6 is 0 Å². The minimum absolute atomic E-state index is 0.0499. The average molecular weight is 364 g/mol. The molecule has 1 aromatic heterocycles. The second kappa shape index (κ2) is 6.46. The van der Waals surface area contributed by atoms with Crippen molar-refractivity contribution in [3.63, 3.8) is 0 Å². The lowest BCUT2D eigenvalue weighted by Gasteiger charge is -2.14. The third kappa shape index (κ3) is 2.73. The van der Waals surface area contributed by atoms with Crippen LogP contribution < -0.4 is 15.6 Å². The number of methoxy groups -OCH3 is 1. The molecular formula is C21H20N2O4. The van der Waals surface area contributed by atoms with E-state index in [-0.39, 0.29) is 23.9 Å². The van der Waals surface area contributed by atoms with Gasteiger partial charge in [-0.15, -0.1) is 0 Å². The van der Waals surface area contributed by atoms with Gasteiger partial charge in [0, 0.05) is 18.0 Å². The van der Waals surface area contributed by atoms with Gasteiger partial charge in [0.05, 0.1) is 12.6 Å². The van der Waals surface area contributed by atoms with Crippen molar-refractivity contribution in [2.75, 3.05) is 7.11 Å². The maximum Gasteiger partial charge on any atom is 0.267 e. The first-order chi connectivity index (χ1) is 13.0. The van der Waals surface area contributed by atoms with Gasteiger partial charge in [-0.2, -0.15) is 0 Å². The number of carbonyl (C=O) groups is 1. The van der Waals surface area contributed by atoms with Crippen molar-refractivity contribution in [2.45, 2.75) is 25.9 Å². The molecule has 3 aromatic rings. The first-order valence-corrected chi connectivity index (χ1v) is 8.81. The number of hydrogen-bond acceptors (Lipinski definition) is 4. The summed E-state index contributed by atoms with van der Waals surface area (Å²) in [6.45, 7) is 2.19. The first-order valence-electron chi connectivity index (χ1n) is 8.81. The number of ether oxygens (including phenoxy) is 1. The van der Waals surface area contributed by atoms with Gasteiger partial charge in [0.1, 0.15) is 17.1 Å². The molecule has 4 rings (SSSR count). The Morgan fingerprint density at radius 2 is 2.00 bits per heavy atom. The van der Waals surface area contributed by atoms with Gasteiger partial charge >= 0.3 is 0 Å². The Labute approximate surface area is 156 Å². The van der Waals surface area contributed by atoms with Crippen molar-refractivity contribution in [3.8, 4) is 11.5 Å². The molecule has 0 saturated carbocycles. The minimum atomic E-state index is -0.580. The highest BCUT2D eigenvalue weighted by molar-refractivity contribution is 6.03. The molecule has 0 bridgehead atoms. The van der Waals surface area contributed by atoms with E-state index in [4.69, 9.17) is 4.74 Å². The normalized spacial score (nSPS) is 15.1. The number of benzene rings is 2. The number of carbonyl (C=O) groups excluding carboxylic acids is 1. The van der Waals surface area contributed by atoms with Crippen LogP contribution in [0.4, 0.5) is 0 Å². The summed E-state index contributed by atoms with van der Waals surface area (Å²) < 4.78 is 6.73. The SMILES string of the molecule is COc1ccc(CNC(=O)c2c(O)c3cccc4c3n(c2=O)C(C)C4)cc1. The lowest BCUT2D eigenvalue weighted by atomic mass is 10.1. The van der Waals surface area contributed by atoms with Gasteiger partial charge in [-0.25, -0.2) is 0 Å². The van der Waals surface area contributed by atoms with E-state index in [2.05, 4.69) is 5.32 Å². The van der Waals surface area contributed by atoms with Crippen LogP contribution in [0.2, 0.25) is 0 Å². The Kier molecular flexibility index (Phi) is 4.11. The van der Waals surface area contributed by atoms with Crippen LogP contribution in [0, 0.1) is 0 Å². The van der Waals surface area contributed by atoms with Gasteiger partial charge < -0.3 is 19.7 Å². The molecule has 6 nitrogen and oxygen atoms in total. The summed E-state index contributed by atoms with van der Waals surface area (Å²) >= 11 is 0. The highest BCUT2D eigenvalue weighted by atomic mass is 16.5. The first kappa shape index (κ1) is 17.1. The standard InChI is InChI=1S/C21H20N2O4/c1-12-10-14-4-3-5-16-18(14)23(12)21(26)17(19(16)24)20(25)22-11-13-6-8-15(27-2)9-7-13/h3-9,12,24H,10-11H2,1-2H3,(H,22,25). The van der Waals surface area contributed by atoms with Crippen molar-refractivity contribution >= 4 is 16.8 Å². The number of rotatable bonds is 4. The Bertz CT molecular complexity index is 1100. The van der Waals surface area contributed by atoms with Crippen molar-refractivity contribution in [1.29, 1.82) is 0 Å². The van der Waals surface area contributed by atoms with E-state index in [1.54, 1.807) is 29.9 Å². The molecule has 0 radical (unpaired) electrons. The molecule has 0 spiro atoms. The van der Waals surface area contributed by atoms with E-state index in [1.807, 2.05) is 31.2 Å². The van der Waals surface area contributed by atoms with Crippen LogP contribution in [-0.2, 0) is 13.0 Å². The molecule has 6 heteroatoms. The third-order valence-corrected chi connectivity index (χ3v) is 5.08. The highest BCUT2D eigenvalue weighted by Gasteiger charge is 2.29. The third-order valence-electron chi connectivity index (χ3n) is 5.08.